The van der Waals surface area contributed by atoms with Gasteiger partial charge < -0.3 is 15.5 Å². The number of piperidine rings is 1. The first-order chi connectivity index (χ1) is 15.4. The van der Waals surface area contributed by atoms with Crippen LogP contribution in [-0.2, 0) is 11.3 Å². The molecule has 7 nitrogen and oxygen atoms in total. The largest absolute Gasteiger partial charge is 0.358 e. The molecule has 1 atom stereocenters. The molecule has 8 heteroatoms. The molecule has 0 saturated carbocycles. The van der Waals surface area contributed by atoms with Gasteiger partial charge >= 0.3 is 0 Å². The molecule has 3 aromatic rings. The molecule has 0 bridgehead atoms. The second kappa shape index (κ2) is 9.65. The number of fused-ring (bicyclic) bond motifs is 1. The summed E-state index contributed by atoms with van der Waals surface area (Å²) < 4.78 is 0. The molecule has 2 aromatic heterocycles. The zero-order valence-corrected chi connectivity index (χ0v) is 19.6. The van der Waals surface area contributed by atoms with Gasteiger partial charge in [0, 0.05) is 30.1 Å². The Kier molecular flexibility index (Phi) is 6.69. The smallest absolute Gasteiger partial charge is 0.253 e. The van der Waals surface area contributed by atoms with Crippen molar-refractivity contribution in [3.05, 3.63) is 52.2 Å². The zero-order chi connectivity index (χ0) is 22.7. The number of nitrogens with one attached hydrogen (secondary N) is 2. The maximum Gasteiger partial charge on any atom is 0.253 e. The van der Waals surface area contributed by atoms with Crippen molar-refractivity contribution < 1.29 is 9.59 Å². The van der Waals surface area contributed by atoms with Crippen LogP contribution in [0.5, 0.6) is 0 Å². The van der Waals surface area contributed by atoms with E-state index in [1.54, 1.807) is 11.3 Å². The summed E-state index contributed by atoms with van der Waals surface area (Å²) in [6.07, 6.45) is 4.88. The van der Waals surface area contributed by atoms with Gasteiger partial charge in [0.05, 0.1) is 5.39 Å². The number of likely N-dealkylation sites (tertiary alicyclic amines) is 1. The van der Waals surface area contributed by atoms with E-state index >= 15 is 0 Å². The number of carbonyl (C=O) groups excluding carboxylic acids is 2. The van der Waals surface area contributed by atoms with Gasteiger partial charge in [-0.3, -0.25) is 9.59 Å². The Morgan fingerprint density at radius 2 is 1.81 bits per heavy atom. The summed E-state index contributed by atoms with van der Waals surface area (Å²) in [4.78, 5) is 38.0. The van der Waals surface area contributed by atoms with Gasteiger partial charge in [0.25, 0.3) is 5.91 Å². The molecular formula is C24H29N5O2S. The Hall–Kier alpha value is -3.00. The lowest BCUT2D eigenvalue weighted by Crippen LogP contribution is -2.37. The summed E-state index contributed by atoms with van der Waals surface area (Å²) >= 11 is 1.63. The van der Waals surface area contributed by atoms with E-state index in [1.807, 2.05) is 43.0 Å². The molecule has 3 heterocycles. The topological polar surface area (TPSA) is 87.2 Å². The van der Waals surface area contributed by atoms with E-state index in [9.17, 15) is 9.59 Å². The van der Waals surface area contributed by atoms with Gasteiger partial charge in [0.15, 0.2) is 0 Å². The lowest BCUT2D eigenvalue weighted by molar-refractivity contribution is -0.121. The average Bonchev–Trinajstić information content (AvgIpc) is 3.12. The highest BCUT2D eigenvalue weighted by Gasteiger charge is 2.19. The minimum absolute atomic E-state index is 0.0910. The van der Waals surface area contributed by atoms with Crippen molar-refractivity contribution in [1.82, 2.24) is 20.2 Å². The van der Waals surface area contributed by atoms with Gasteiger partial charge in [-0.15, -0.1) is 11.3 Å². The Bertz CT molecular complexity index is 1120. The molecule has 4 rings (SSSR count). The monoisotopic (exact) mass is 451 g/mol. The van der Waals surface area contributed by atoms with Gasteiger partial charge in [-0.1, -0.05) is 12.1 Å². The fourth-order valence-electron chi connectivity index (χ4n) is 3.95. The van der Waals surface area contributed by atoms with Crippen molar-refractivity contribution in [3.8, 4) is 0 Å². The molecular weight excluding hydrogens is 422 g/mol. The average molecular weight is 452 g/mol. The number of hydrogen-bond donors (Lipinski definition) is 2. The van der Waals surface area contributed by atoms with Gasteiger partial charge in [0.1, 0.15) is 23.0 Å². The predicted octanol–water partition coefficient (Wildman–Crippen LogP) is 4.05. The van der Waals surface area contributed by atoms with Crippen LogP contribution in [0.15, 0.2) is 30.6 Å². The number of benzene rings is 1. The zero-order valence-electron chi connectivity index (χ0n) is 18.8. The molecule has 0 radical (unpaired) electrons. The molecule has 168 valence electrons. The number of nitrogens with zero attached hydrogens (tertiary/aromatic N) is 3. The highest BCUT2D eigenvalue weighted by Crippen LogP contribution is 2.32. The predicted molar refractivity (Wildman–Crippen MR) is 128 cm³/mol. The molecule has 1 aliphatic rings. The molecule has 1 fully saturated rings. The van der Waals surface area contributed by atoms with E-state index in [0.29, 0.717) is 17.9 Å². The Balaban J connectivity index is 1.34. The molecule has 1 unspecified atom stereocenters. The minimum atomic E-state index is -0.451. The molecule has 32 heavy (non-hydrogen) atoms. The van der Waals surface area contributed by atoms with Crippen LogP contribution < -0.4 is 10.6 Å². The third kappa shape index (κ3) is 4.75. The van der Waals surface area contributed by atoms with Crippen LogP contribution in [0.25, 0.3) is 10.2 Å². The third-order valence-electron chi connectivity index (χ3n) is 6.02. The first-order valence-corrected chi connectivity index (χ1v) is 11.9. The first-order valence-electron chi connectivity index (χ1n) is 11.1. The van der Waals surface area contributed by atoms with Crippen molar-refractivity contribution in [2.24, 2.45) is 0 Å². The standard InChI is InChI=1S/C24H29N5O2S/c1-15-17(3)32-23-20(15)21(26-14-27-23)28-16(2)22(30)25-13-18-7-9-19(10-8-18)24(31)29-11-5-4-6-12-29/h7-10,14,16H,4-6,11-13H2,1-3H3,(H,25,30)(H,26,27,28). The van der Waals surface area contributed by atoms with E-state index in [-0.39, 0.29) is 11.8 Å². The summed E-state index contributed by atoms with van der Waals surface area (Å²) in [6, 6.07) is 7.05. The number of amides is 2. The number of hydrogen-bond acceptors (Lipinski definition) is 6. The van der Waals surface area contributed by atoms with Crippen LogP contribution >= 0.6 is 11.3 Å². The fraction of sp³-hybridized carbons (Fsp3) is 0.417. The molecule has 0 aliphatic carbocycles. The maximum atomic E-state index is 12.7. The van der Waals surface area contributed by atoms with Crippen molar-refractivity contribution in [2.75, 3.05) is 18.4 Å². The van der Waals surface area contributed by atoms with Crippen LogP contribution in [-0.4, -0.2) is 45.8 Å². The Morgan fingerprint density at radius 1 is 1.09 bits per heavy atom. The number of carbonyl (C=O) groups is 2. The Morgan fingerprint density at radius 3 is 2.53 bits per heavy atom. The van der Waals surface area contributed by atoms with Crippen LogP contribution in [0.4, 0.5) is 5.82 Å². The number of aromatic nitrogens is 2. The number of rotatable bonds is 6. The number of thiophene rings is 1. The second-order valence-corrected chi connectivity index (χ2v) is 9.52. The van der Waals surface area contributed by atoms with E-state index in [1.165, 1.54) is 17.6 Å². The van der Waals surface area contributed by atoms with E-state index in [0.717, 1.165) is 47.3 Å². The summed E-state index contributed by atoms with van der Waals surface area (Å²) in [5.41, 5.74) is 2.79. The Labute approximate surface area is 192 Å². The van der Waals surface area contributed by atoms with Crippen LogP contribution in [0.3, 0.4) is 0 Å². The van der Waals surface area contributed by atoms with Crippen molar-refractivity contribution >= 4 is 39.2 Å². The van der Waals surface area contributed by atoms with E-state index < -0.39 is 6.04 Å². The van der Waals surface area contributed by atoms with Gasteiger partial charge in [-0.2, -0.15) is 0 Å². The maximum absolute atomic E-state index is 12.7. The number of aryl methyl sites for hydroxylation is 2. The van der Waals surface area contributed by atoms with Crippen LogP contribution in [0, 0.1) is 13.8 Å². The fourth-order valence-corrected chi connectivity index (χ4v) is 4.95. The van der Waals surface area contributed by atoms with Crippen molar-refractivity contribution in [1.29, 1.82) is 0 Å². The summed E-state index contributed by atoms with van der Waals surface area (Å²) in [5, 5.41) is 7.17. The van der Waals surface area contributed by atoms with Gasteiger partial charge in [-0.25, -0.2) is 9.97 Å². The van der Waals surface area contributed by atoms with E-state index in [4.69, 9.17) is 0 Å². The second-order valence-electron chi connectivity index (χ2n) is 8.32. The normalized spacial score (nSPS) is 14.9. The highest BCUT2D eigenvalue weighted by atomic mass is 32.1. The lowest BCUT2D eigenvalue weighted by Gasteiger charge is -2.26. The molecule has 1 aliphatic heterocycles. The number of anilines is 1. The van der Waals surface area contributed by atoms with Crippen LogP contribution in [0.2, 0.25) is 0 Å². The summed E-state index contributed by atoms with van der Waals surface area (Å²) in [5.74, 6) is 0.656. The van der Waals surface area contributed by atoms with Crippen molar-refractivity contribution in [3.63, 3.8) is 0 Å². The summed E-state index contributed by atoms with van der Waals surface area (Å²) in [6.45, 7) is 8.01. The third-order valence-corrected chi connectivity index (χ3v) is 7.14. The lowest BCUT2D eigenvalue weighted by atomic mass is 10.1. The molecule has 2 N–H and O–H groups in total. The molecule has 0 spiro atoms. The molecule has 1 saturated heterocycles. The van der Waals surface area contributed by atoms with Crippen LogP contribution in [0.1, 0.15) is 52.5 Å². The summed E-state index contributed by atoms with van der Waals surface area (Å²) in [7, 11) is 0. The minimum Gasteiger partial charge on any atom is -0.358 e. The van der Waals surface area contributed by atoms with E-state index in [2.05, 4.69) is 27.5 Å². The van der Waals surface area contributed by atoms with Gasteiger partial charge in [0.2, 0.25) is 5.91 Å². The molecule has 2 amide bonds. The highest BCUT2D eigenvalue weighted by molar-refractivity contribution is 7.18. The van der Waals surface area contributed by atoms with Gasteiger partial charge in [-0.05, 0) is 63.3 Å². The van der Waals surface area contributed by atoms with Crippen molar-refractivity contribution in [2.45, 2.75) is 52.6 Å². The first kappa shape index (κ1) is 22.2. The molecule has 1 aromatic carbocycles. The quantitative estimate of drug-likeness (QED) is 0.590. The SMILES string of the molecule is Cc1sc2ncnc(NC(C)C(=O)NCc3ccc(C(=O)N4CCCCC4)cc3)c2c1C.